The first-order chi connectivity index (χ1) is 9.17. The van der Waals surface area contributed by atoms with E-state index in [1.165, 1.54) is 6.42 Å². The van der Waals surface area contributed by atoms with E-state index in [9.17, 15) is 0 Å². The highest BCUT2D eigenvalue weighted by molar-refractivity contribution is 5.07. The van der Waals surface area contributed by atoms with Gasteiger partial charge in [0.15, 0.2) is 5.82 Å². The van der Waals surface area contributed by atoms with Crippen LogP contribution in [-0.4, -0.2) is 35.4 Å². The molecule has 0 saturated carbocycles. The quantitative estimate of drug-likeness (QED) is 0.881. The lowest BCUT2D eigenvalue weighted by molar-refractivity contribution is 0.0996. The lowest BCUT2D eigenvalue weighted by Gasteiger charge is -2.17. The molecule has 1 aromatic heterocycles. The Bertz CT molecular complexity index is 432. The Kier molecular flexibility index (Phi) is 3.58. The number of hydrogen-bond donors (Lipinski definition) is 1. The number of hydrogen-bond acceptors (Lipinski definition) is 5. The van der Waals surface area contributed by atoms with Crippen LogP contribution in [0, 0.1) is 5.92 Å². The highest BCUT2D eigenvalue weighted by Gasteiger charge is 2.43. The van der Waals surface area contributed by atoms with Crippen LogP contribution in [0.3, 0.4) is 0 Å². The van der Waals surface area contributed by atoms with E-state index in [1.807, 2.05) is 7.05 Å². The van der Waals surface area contributed by atoms with E-state index in [1.54, 1.807) is 0 Å². The van der Waals surface area contributed by atoms with Crippen molar-refractivity contribution in [3.63, 3.8) is 0 Å². The maximum Gasteiger partial charge on any atom is 0.228 e. The molecule has 1 N–H and O–H groups in total. The summed E-state index contributed by atoms with van der Waals surface area (Å²) in [5.74, 6) is 2.49. The lowest BCUT2D eigenvalue weighted by atomic mass is 9.89. The smallest absolute Gasteiger partial charge is 0.228 e. The standard InChI is InChI=1S/C14H23N3O2/c1-8(2)11(15-3)7-13-16-14(17-19-13)10-6-9-4-5-12(10)18-9/h8-12,15H,4-7H2,1-3H3. The molecule has 4 atom stereocenters. The second-order valence-electron chi connectivity index (χ2n) is 6.11. The first-order valence-electron chi connectivity index (χ1n) is 7.32. The molecule has 3 heterocycles. The van der Waals surface area contributed by atoms with Crippen LogP contribution >= 0.6 is 0 Å². The zero-order valence-electron chi connectivity index (χ0n) is 11.9. The van der Waals surface area contributed by atoms with E-state index in [0.29, 0.717) is 30.1 Å². The van der Waals surface area contributed by atoms with Gasteiger partial charge < -0.3 is 14.6 Å². The predicted octanol–water partition coefficient (Wildman–Crippen LogP) is 1.89. The third kappa shape index (κ3) is 2.54. The van der Waals surface area contributed by atoms with Crippen LogP contribution in [0.5, 0.6) is 0 Å². The van der Waals surface area contributed by atoms with Gasteiger partial charge in [-0.05, 0) is 32.2 Å². The van der Waals surface area contributed by atoms with Crippen LogP contribution in [0.2, 0.25) is 0 Å². The van der Waals surface area contributed by atoms with Crippen molar-refractivity contribution in [2.45, 2.75) is 63.7 Å². The Morgan fingerprint density at radius 1 is 1.37 bits per heavy atom. The minimum absolute atomic E-state index is 0.320. The summed E-state index contributed by atoms with van der Waals surface area (Å²) in [6, 6.07) is 0.379. The fraction of sp³-hybridized carbons (Fsp3) is 0.857. The van der Waals surface area contributed by atoms with Gasteiger partial charge in [0.1, 0.15) is 0 Å². The molecule has 106 valence electrons. The molecule has 1 aromatic rings. The van der Waals surface area contributed by atoms with E-state index in [4.69, 9.17) is 9.26 Å². The molecule has 5 heteroatoms. The molecule has 19 heavy (non-hydrogen) atoms. The normalized spacial score (nSPS) is 31.3. The van der Waals surface area contributed by atoms with E-state index in [-0.39, 0.29) is 0 Å². The number of nitrogens with zero attached hydrogens (tertiary/aromatic N) is 2. The number of aromatic nitrogens is 2. The largest absolute Gasteiger partial charge is 0.374 e. The summed E-state index contributed by atoms with van der Waals surface area (Å²) in [5.41, 5.74) is 0. The van der Waals surface area contributed by atoms with Crippen molar-refractivity contribution in [3.05, 3.63) is 11.7 Å². The molecule has 0 aliphatic carbocycles. The molecule has 2 saturated heterocycles. The fourth-order valence-corrected chi connectivity index (χ4v) is 3.27. The highest BCUT2D eigenvalue weighted by atomic mass is 16.5. The molecule has 2 bridgehead atoms. The number of rotatable bonds is 5. The molecule has 2 aliphatic heterocycles. The summed E-state index contributed by atoms with van der Waals surface area (Å²) in [4.78, 5) is 4.58. The zero-order chi connectivity index (χ0) is 13.4. The highest BCUT2D eigenvalue weighted by Crippen LogP contribution is 2.43. The molecule has 0 spiro atoms. The summed E-state index contributed by atoms with van der Waals surface area (Å²) in [5, 5.41) is 7.47. The van der Waals surface area contributed by atoms with Crippen LogP contribution in [0.4, 0.5) is 0 Å². The van der Waals surface area contributed by atoms with E-state index in [0.717, 1.165) is 31.0 Å². The Morgan fingerprint density at radius 3 is 2.79 bits per heavy atom. The monoisotopic (exact) mass is 265 g/mol. The Hall–Kier alpha value is -0.940. The molecule has 2 fully saturated rings. The Morgan fingerprint density at radius 2 is 2.21 bits per heavy atom. The predicted molar refractivity (Wildman–Crippen MR) is 70.9 cm³/mol. The second kappa shape index (κ2) is 5.21. The van der Waals surface area contributed by atoms with Crippen molar-refractivity contribution in [2.24, 2.45) is 5.92 Å². The topological polar surface area (TPSA) is 60.2 Å². The SMILES string of the molecule is CNC(Cc1nc(C2CC3CCC2O3)no1)C(C)C. The summed E-state index contributed by atoms with van der Waals surface area (Å²) in [6.45, 7) is 4.39. The van der Waals surface area contributed by atoms with Crippen molar-refractivity contribution in [1.29, 1.82) is 0 Å². The number of nitrogens with one attached hydrogen (secondary N) is 1. The lowest BCUT2D eigenvalue weighted by Crippen LogP contribution is -2.32. The van der Waals surface area contributed by atoms with Gasteiger partial charge in [-0.25, -0.2) is 0 Å². The minimum atomic E-state index is 0.320. The van der Waals surface area contributed by atoms with Crippen molar-refractivity contribution in [2.75, 3.05) is 7.05 Å². The van der Waals surface area contributed by atoms with E-state index >= 15 is 0 Å². The van der Waals surface area contributed by atoms with Gasteiger partial charge in [-0.15, -0.1) is 0 Å². The second-order valence-corrected chi connectivity index (χ2v) is 6.11. The average Bonchev–Trinajstić information content (AvgIpc) is 3.10. The maximum absolute atomic E-state index is 5.86. The Balaban J connectivity index is 1.66. The number of fused-ring (bicyclic) bond motifs is 2. The van der Waals surface area contributed by atoms with Crippen LogP contribution in [0.1, 0.15) is 50.7 Å². The van der Waals surface area contributed by atoms with Crippen molar-refractivity contribution < 1.29 is 9.26 Å². The van der Waals surface area contributed by atoms with Crippen LogP contribution in [-0.2, 0) is 11.2 Å². The van der Waals surface area contributed by atoms with Crippen LogP contribution < -0.4 is 5.32 Å². The summed E-state index contributed by atoms with van der Waals surface area (Å²) < 4.78 is 11.3. The summed E-state index contributed by atoms with van der Waals surface area (Å²) >= 11 is 0. The average molecular weight is 265 g/mol. The van der Waals surface area contributed by atoms with Gasteiger partial charge in [-0.3, -0.25) is 0 Å². The molecular weight excluding hydrogens is 242 g/mol. The third-order valence-electron chi connectivity index (χ3n) is 4.49. The molecule has 2 aliphatic rings. The van der Waals surface area contributed by atoms with E-state index in [2.05, 4.69) is 29.3 Å². The molecule has 3 rings (SSSR count). The van der Waals surface area contributed by atoms with Crippen LogP contribution in [0.25, 0.3) is 0 Å². The van der Waals surface area contributed by atoms with Gasteiger partial charge >= 0.3 is 0 Å². The minimum Gasteiger partial charge on any atom is -0.374 e. The molecule has 0 radical (unpaired) electrons. The van der Waals surface area contributed by atoms with E-state index < -0.39 is 0 Å². The van der Waals surface area contributed by atoms with Crippen molar-refractivity contribution in [3.8, 4) is 0 Å². The fourth-order valence-electron chi connectivity index (χ4n) is 3.27. The zero-order valence-corrected chi connectivity index (χ0v) is 11.9. The third-order valence-corrected chi connectivity index (χ3v) is 4.49. The maximum atomic E-state index is 5.86. The van der Waals surface area contributed by atoms with Gasteiger partial charge in [-0.2, -0.15) is 4.98 Å². The summed E-state index contributed by atoms with van der Waals surface area (Å²) in [7, 11) is 1.98. The molecule has 4 unspecified atom stereocenters. The van der Waals surface area contributed by atoms with Gasteiger partial charge in [0.25, 0.3) is 0 Å². The molecule has 0 amide bonds. The summed E-state index contributed by atoms with van der Waals surface area (Å²) in [6.07, 6.45) is 4.94. The van der Waals surface area contributed by atoms with Crippen molar-refractivity contribution in [1.82, 2.24) is 15.5 Å². The molecular formula is C14H23N3O2. The number of ether oxygens (including phenoxy) is 1. The van der Waals surface area contributed by atoms with Crippen molar-refractivity contribution >= 4 is 0 Å². The number of likely N-dealkylation sites (N-methyl/N-ethyl adjacent to an activating group) is 1. The molecule has 0 aromatic carbocycles. The van der Waals surface area contributed by atoms with Gasteiger partial charge in [0, 0.05) is 12.5 Å². The van der Waals surface area contributed by atoms with Crippen LogP contribution in [0.15, 0.2) is 4.52 Å². The van der Waals surface area contributed by atoms with Gasteiger partial charge in [0.05, 0.1) is 18.1 Å². The van der Waals surface area contributed by atoms with Gasteiger partial charge in [-0.1, -0.05) is 19.0 Å². The first kappa shape index (κ1) is 13.1. The Labute approximate surface area is 114 Å². The first-order valence-corrected chi connectivity index (χ1v) is 7.32. The molecule has 5 nitrogen and oxygen atoms in total. The van der Waals surface area contributed by atoms with Gasteiger partial charge in [0.2, 0.25) is 5.89 Å².